The van der Waals surface area contributed by atoms with Gasteiger partial charge in [0.05, 0.1) is 0 Å². The molecule has 0 aliphatic carbocycles. The lowest BCUT2D eigenvalue weighted by Crippen LogP contribution is -2.43. The van der Waals surface area contributed by atoms with E-state index in [-0.39, 0.29) is 11.4 Å². The molecule has 1 rings (SSSR count). The largest absolute Gasteiger partial charge is 0.338 e. The smallest absolute Gasteiger partial charge is 0.317 e. The van der Waals surface area contributed by atoms with Crippen molar-refractivity contribution in [1.29, 1.82) is 0 Å². The second kappa shape index (κ2) is 6.43. The third kappa shape index (κ3) is 4.06. The van der Waals surface area contributed by atoms with Gasteiger partial charge < -0.3 is 10.2 Å². The molecule has 1 N–H and O–H groups in total. The lowest BCUT2D eigenvalue weighted by molar-refractivity contribution is 0.198. The van der Waals surface area contributed by atoms with E-state index in [2.05, 4.69) is 31.3 Å². The molecule has 18 heavy (non-hydrogen) atoms. The van der Waals surface area contributed by atoms with E-state index < -0.39 is 0 Å². The van der Waals surface area contributed by atoms with Crippen LogP contribution in [0.25, 0.3) is 0 Å². The Labute approximate surface area is 110 Å². The summed E-state index contributed by atoms with van der Waals surface area (Å²) in [6, 6.07) is 10.3. The Morgan fingerprint density at radius 3 is 2.44 bits per heavy atom. The SMILES string of the molecule is CCCNC(=O)N(C)CC(C)(C)c1ccccc1. The van der Waals surface area contributed by atoms with E-state index in [0.29, 0.717) is 6.54 Å². The minimum Gasteiger partial charge on any atom is -0.338 e. The molecule has 0 atom stereocenters. The highest BCUT2D eigenvalue weighted by atomic mass is 16.2. The number of amides is 2. The van der Waals surface area contributed by atoms with Gasteiger partial charge in [0.25, 0.3) is 0 Å². The van der Waals surface area contributed by atoms with Crippen LogP contribution < -0.4 is 5.32 Å². The van der Waals surface area contributed by atoms with E-state index in [1.165, 1.54) is 5.56 Å². The van der Waals surface area contributed by atoms with Gasteiger partial charge in [-0.25, -0.2) is 4.79 Å². The van der Waals surface area contributed by atoms with Crippen LogP contribution in [0.2, 0.25) is 0 Å². The summed E-state index contributed by atoms with van der Waals surface area (Å²) in [5.41, 5.74) is 1.21. The van der Waals surface area contributed by atoms with Crippen LogP contribution in [0, 0.1) is 0 Å². The van der Waals surface area contributed by atoms with E-state index in [1.807, 2.05) is 32.2 Å². The number of carbonyl (C=O) groups excluding carboxylic acids is 1. The highest BCUT2D eigenvalue weighted by Crippen LogP contribution is 2.23. The van der Waals surface area contributed by atoms with E-state index in [4.69, 9.17) is 0 Å². The Balaban J connectivity index is 2.63. The zero-order chi connectivity index (χ0) is 13.6. The van der Waals surface area contributed by atoms with Crippen molar-refractivity contribution in [2.24, 2.45) is 0 Å². The average Bonchev–Trinajstić information content (AvgIpc) is 2.36. The highest BCUT2D eigenvalue weighted by Gasteiger charge is 2.24. The van der Waals surface area contributed by atoms with Crippen LogP contribution in [0.5, 0.6) is 0 Å². The molecule has 1 aromatic rings. The van der Waals surface area contributed by atoms with Crippen molar-refractivity contribution in [2.45, 2.75) is 32.6 Å². The number of hydrogen-bond acceptors (Lipinski definition) is 1. The Morgan fingerprint density at radius 1 is 1.28 bits per heavy atom. The Hall–Kier alpha value is -1.51. The number of hydrogen-bond donors (Lipinski definition) is 1. The molecule has 0 saturated carbocycles. The third-order valence-electron chi connectivity index (χ3n) is 3.06. The Morgan fingerprint density at radius 2 is 1.89 bits per heavy atom. The monoisotopic (exact) mass is 248 g/mol. The summed E-state index contributed by atoms with van der Waals surface area (Å²) in [6.45, 7) is 7.80. The summed E-state index contributed by atoms with van der Waals surface area (Å²) in [5, 5.41) is 2.89. The molecule has 0 fully saturated rings. The number of nitrogens with zero attached hydrogens (tertiary/aromatic N) is 1. The van der Waals surface area contributed by atoms with Crippen molar-refractivity contribution in [1.82, 2.24) is 10.2 Å². The quantitative estimate of drug-likeness (QED) is 0.853. The zero-order valence-electron chi connectivity index (χ0n) is 11.9. The molecule has 0 heterocycles. The first kappa shape index (κ1) is 14.6. The van der Waals surface area contributed by atoms with Crippen molar-refractivity contribution in [3.8, 4) is 0 Å². The lowest BCUT2D eigenvalue weighted by Gasteiger charge is -2.31. The molecule has 3 nitrogen and oxygen atoms in total. The van der Waals surface area contributed by atoms with E-state index in [1.54, 1.807) is 4.90 Å². The molecule has 1 aromatic carbocycles. The van der Waals surface area contributed by atoms with E-state index in [9.17, 15) is 4.79 Å². The fourth-order valence-corrected chi connectivity index (χ4v) is 2.01. The minimum absolute atomic E-state index is 0.000793. The number of nitrogens with one attached hydrogen (secondary N) is 1. The second-order valence-electron chi connectivity index (χ2n) is 5.34. The number of benzene rings is 1. The van der Waals surface area contributed by atoms with Gasteiger partial charge in [0.2, 0.25) is 0 Å². The fraction of sp³-hybridized carbons (Fsp3) is 0.533. The van der Waals surface area contributed by atoms with Crippen molar-refractivity contribution in [2.75, 3.05) is 20.1 Å². The molecule has 0 bridgehead atoms. The van der Waals surface area contributed by atoms with Crippen LogP contribution in [0.4, 0.5) is 4.79 Å². The van der Waals surface area contributed by atoms with Gasteiger partial charge in [-0.2, -0.15) is 0 Å². The predicted octanol–water partition coefficient (Wildman–Crippen LogP) is 3.02. The maximum absolute atomic E-state index is 11.8. The van der Waals surface area contributed by atoms with Gasteiger partial charge >= 0.3 is 6.03 Å². The first-order chi connectivity index (χ1) is 8.47. The van der Waals surface area contributed by atoms with Gasteiger partial charge in [-0.15, -0.1) is 0 Å². The summed E-state index contributed by atoms with van der Waals surface area (Å²) in [5.74, 6) is 0. The van der Waals surface area contributed by atoms with Crippen LogP contribution in [-0.4, -0.2) is 31.1 Å². The van der Waals surface area contributed by atoms with Crippen molar-refractivity contribution >= 4 is 6.03 Å². The third-order valence-corrected chi connectivity index (χ3v) is 3.06. The van der Waals surface area contributed by atoms with Crippen molar-refractivity contribution < 1.29 is 4.79 Å². The maximum atomic E-state index is 11.8. The molecule has 0 aromatic heterocycles. The molecule has 3 heteroatoms. The molecule has 0 spiro atoms. The maximum Gasteiger partial charge on any atom is 0.317 e. The summed E-state index contributed by atoms with van der Waals surface area (Å²) in [6.07, 6.45) is 0.960. The summed E-state index contributed by atoms with van der Waals surface area (Å²) in [7, 11) is 1.84. The van der Waals surface area contributed by atoms with Crippen LogP contribution in [0.15, 0.2) is 30.3 Å². The van der Waals surface area contributed by atoms with Gasteiger partial charge in [-0.1, -0.05) is 51.1 Å². The standard InChI is InChI=1S/C15H24N2O/c1-5-11-16-14(18)17(4)12-15(2,3)13-9-7-6-8-10-13/h6-10H,5,11-12H2,1-4H3,(H,16,18). The molecule has 0 radical (unpaired) electrons. The molecule has 0 aliphatic heterocycles. The van der Waals surface area contributed by atoms with E-state index in [0.717, 1.165) is 13.0 Å². The zero-order valence-corrected chi connectivity index (χ0v) is 11.9. The summed E-state index contributed by atoms with van der Waals surface area (Å²) < 4.78 is 0. The van der Waals surface area contributed by atoms with Crippen LogP contribution in [-0.2, 0) is 5.41 Å². The molecular weight excluding hydrogens is 224 g/mol. The first-order valence-corrected chi connectivity index (χ1v) is 6.52. The van der Waals surface area contributed by atoms with Crippen molar-refractivity contribution in [3.05, 3.63) is 35.9 Å². The molecule has 0 saturated heterocycles. The molecule has 2 amide bonds. The van der Waals surface area contributed by atoms with Crippen LogP contribution >= 0.6 is 0 Å². The number of urea groups is 1. The molecule has 0 aliphatic rings. The Bertz CT molecular complexity index is 373. The number of carbonyl (C=O) groups is 1. The molecular formula is C15H24N2O. The lowest BCUT2D eigenvalue weighted by atomic mass is 9.84. The summed E-state index contributed by atoms with van der Waals surface area (Å²) in [4.78, 5) is 13.6. The van der Waals surface area contributed by atoms with E-state index >= 15 is 0 Å². The van der Waals surface area contributed by atoms with Crippen LogP contribution in [0.1, 0.15) is 32.8 Å². The fourth-order valence-electron chi connectivity index (χ4n) is 2.01. The number of likely N-dealkylation sites (N-methyl/N-ethyl adjacent to an activating group) is 1. The van der Waals surface area contributed by atoms with Crippen molar-refractivity contribution in [3.63, 3.8) is 0 Å². The minimum atomic E-state index is -0.0421. The van der Waals surface area contributed by atoms with Gasteiger partial charge in [0.1, 0.15) is 0 Å². The van der Waals surface area contributed by atoms with Crippen LogP contribution in [0.3, 0.4) is 0 Å². The second-order valence-corrected chi connectivity index (χ2v) is 5.34. The predicted molar refractivity (Wildman–Crippen MR) is 75.8 cm³/mol. The molecule has 0 unspecified atom stereocenters. The highest BCUT2D eigenvalue weighted by molar-refractivity contribution is 5.73. The van der Waals surface area contributed by atoms with Gasteiger partial charge in [-0.05, 0) is 12.0 Å². The van der Waals surface area contributed by atoms with Gasteiger partial charge in [-0.3, -0.25) is 0 Å². The summed E-state index contributed by atoms with van der Waals surface area (Å²) >= 11 is 0. The number of rotatable bonds is 5. The Kier molecular flexibility index (Phi) is 5.20. The molecule has 100 valence electrons. The average molecular weight is 248 g/mol. The van der Waals surface area contributed by atoms with Gasteiger partial charge in [0.15, 0.2) is 0 Å². The normalized spacial score (nSPS) is 11.1. The first-order valence-electron chi connectivity index (χ1n) is 6.52. The topological polar surface area (TPSA) is 32.3 Å². The van der Waals surface area contributed by atoms with Gasteiger partial charge in [0, 0.05) is 25.6 Å².